The van der Waals surface area contributed by atoms with Gasteiger partial charge in [0.05, 0.1) is 6.61 Å². The van der Waals surface area contributed by atoms with E-state index >= 15 is 0 Å². The van der Waals surface area contributed by atoms with E-state index in [-0.39, 0.29) is 5.91 Å². The molecular weight excluding hydrogens is 218 g/mol. The van der Waals surface area contributed by atoms with Crippen molar-refractivity contribution in [2.45, 2.75) is 19.5 Å². The summed E-state index contributed by atoms with van der Waals surface area (Å²) in [5.41, 5.74) is 1.22. The van der Waals surface area contributed by atoms with Gasteiger partial charge in [0.15, 0.2) is 0 Å². The van der Waals surface area contributed by atoms with Crippen LogP contribution in [0.1, 0.15) is 12.0 Å². The molecule has 96 valence electrons. The van der Waals surface area contributed by atoms with Crippen molar-refractivity contribution in [2.75, 3.05) is 27.3 Å². The van der Waals surface area contributed by atoms with E-state index in [1.165, 1.54) is 5.56 Å². The Labute approximate surface area is 102 Å². The van der Waals surface area contributed by atoms with Crippen molar-refractivity contribution in [3.63, 3.8) is 0 Å². The molecule has 0 aromatic carbocycles. The van der Waals surface area contributed by atoms with Crippen molar-refractivity contribution in [3.8, 4) is 0 Å². The highest BCUT2D eigenvalue weighted by atomic mass is 16.5. The van der Waals surface area contributed by atoms with E-state index in [1.807, 2.05) is 10.8 Å². The lowest BCUT2D eigenvalue weighted by Crippen LogP contribution is -2.19. The number of amides is 1. The molecule has 1 aromatic heterocycles. The van der Waals surface area contributed by atoms with Crippen LogP contribution in [0.25, 0.3) is 0 Å². The van der Waals surface area contributed by atoms with Crippen molar-refractivity contribution in [2.24, 2.45) is 0 Å². The maximum absolute atomic E-state index is 11.1. The average Bonchev–Trinajstić information content (AvgIpc) is 2.79. The Morgan fingerprint density at radius 2 is 2.35 bits per heavy atom. The Balaban J connectivity index is 2.25. The van der Waals surface area contributed by atoms with Crippen LogP contribution in [0.3, 0.4) is 0 Å². The molecule has 2 N–H and O–H groups in total. The molecule has 0 saturated carbocycles. The molecule has 0 bridgehead atoms. The molecule has 17 heavy (non-hydrogen) atoms. The number of hydrogen-bond donors (Lipinski definition) is 2. The lowest BCUT2D eigenvalue weighted by atomic mass is 10.3. The lowest BCUT2D eigenvalue weighted by Gasteiger charge is -2.03. The Bertz CT molecular complexity index is 336. The highest BCUT2D eigenvalue weighted by Gasteiger charge is 2.00. The number of carbonyl (C=O) groups is 1. The van der Waals surface area contributed by atoms with Gasteiger partial charge in [-0.05, 0) is 11.6 Å². The second-order valence-corrected chi connectivity index (χ2v) is 3.85. The Hall–Kier alpha value is -1.33. The topological polar surface area (TPSA) is 55.3 Å². The predicted molar refractivity (Wildman–Crippen MR) is 66.7 cm³/mol. The molecule has 0 unspecified atom stereocenters. The van der Waals surface area contributed by atoms with Crippen molar-refractivity contribution in [1.29, 1.82) is 0 Å². The van der Waals surface area contributed by atoms with E-state index in [4.69, 9.17) is 4.74 Å². The van der Waals surface area contributed by atoms with Gasteiger partial charge in [0.2, 0.25) is 5.91 Å². The minimum atomic E-state index is 0.0680. The summed E-state index contributed by atoms with van der Waals surface area (Å²) in [5, 5.41) is 5.89. The zero-order valence-corrected chi connectivity index (χ0v) is 10.5. The third-order valence-corrected chi connectivity index (χ3v) is 2.50. The molecule has 0 aliphatic rings. The lowest BCUT2D eigenvalue weighted by molar-refractivity contribution is -0.120. The first-order valence-corrected chi connectivity index (χ1v) is 5.81. The normalized spacial score (nSPS) is 10.5. The molecule has 1 amide bonds. The van der Waals surface area contributed by atoms with E-state index < -0.39 is 0 Å². The molecule has 0 radical (unpaired) electrons. The summed E-state index contributed by atoms with van der Waals surface area (Å²) in [7, 11) is 3.35. The van der Waals surface area contributed by atoms with Gasteiger partial charge in [-0.25, -0.2) is 0 Å². The highest BCUT2D eigenvalue weighted by molar-refractivity contribution is 5.75. The van der Waals surface area contributed by atoms with Gasteiger partial charge in [-0.2, -0.15) is 0 Å². The Kier molecular flexibility index (Phi) is 6.35. The van der Waals surface area contributed by atoms with Gasteiger partial charge in [0, 0.05) is 52.6 Å². The minimum absolute atomic E-state index is 0.0680. The van der Waals surface area contributed by atoms with Gasteiger partial charge < -0.3 is 19.9 Å². The quantitative estimate of drug-likeness (QED) is 0.644. The number of ether oxygens (including phenoxy) is 1. The van der Waals surface area contributed by atoms with Gasteiger partial charge in [-0.3, -0.25) is 4.79 Å². The maximum atomic E-state index is 11.1. The third-order valence-electron chi connectivity index (χ3n) is 2.50. The van der Waals surface area contributed by atoms with Crippen LogP contribution in [-0.4, -0.2) is 37.8 Å². The van der Waals surface area contributed by atoms with Crippen molar-refractivity contribution in [3.05, 3.63) is 24.0 Å². The molecule has 0 saturated heterocycles. The van der Waals surface area contributed by atoms with Crippen LogP contribution in [0.15, 0.2) is 18.5 Å². The van der Waals surface area contributed by atoms with Crippen molar-refractivity contribution in [1.82, 2.24) is 15.2 Å². The highest BCUT2D eigenvalue weighted by Crippen LogP contribution is 2.02. The molecule has 1 aromatic rings. The molecule has 5 heteroatoms. The van der Waals surface area contributed by atoms with E-state index in [0.29, 0.717) is 6.42 Å². The summed E-state index contributed by atoms with van der Waals surface area (Å²) >= 11 is 0. The molecular formula is C12H21N3O2. The molecule has 0 fully saturated rings. The zero-order valence-electron chi connectivity index (χ0n) is 10.5. The number of carbonyl (C=O) groups excluding carboxylic acids is 1. The maximum Gasteiger partial charge on any atom is 0.221 e. The molecule has 0 aliphatic carbocycles. The number of aryl methyl sites for hydroxylation is 1. The van der Waals surface area contributed by atoms with Crippen LogP contribution < -0.4 is 10.6 Å². The Morgan fingerprint density at radius 1 is 1.53 bits per heavy atom. The van der Waals surface area contributed by atoms with Crippen LogP contribution in [0.4, 0.5) is 0 Å². The van der Waals surface area contributed by atoms with E-state index in [1.54, 1.807) is 14.2 Å². The third kappa shape index (κ3) is 5.51. The first-order chi connectivity index (χ1) is 8.26. The van der Waals surface area contributed by atoms with E-state index in [2.05, 4.69) is 22.9 Å². The number of hydrogen-bond acceptors (Lipinski definition) is 3. The van der Waals surface area contributed by atoms with Gasteiger partial charge in [-0.1, -0.05) is 0 Å². The van der Waals surface area contributed by atoms with Gasteiger partial charge >= 0.3 is 0 Å². The summed E-state index contributed by atoms with van der Waals surface area (Å²) in [5.74, 6) is 0.0680. The zero-order chi connectivity index (χ0) is 12.5. The molecule has 0 aliphatic heterocycles. The number of aromatic nitrogens is 1. The molecule has 1 rings (SSSR count). The minimum Gasteiger partial charge on any atom is -0.383 e. The summed E-state index contributed by atoms with van der Waals surface area (Å²) in [6, 6.07) is 2.06. The smallest absolute Gasteiger partial charge is 0.221 e. The number of nitrogens with zero attached hydrogens (tertiary/aromatic N) is 1. The predicted octanol–water partition coefficient (Wildman–Crippen LogP) is 0.360. The monoisotopic (exact) mass is 239 g/mol. The van der Waals surface area contributed by atoms with Crippen molar-refractivity contribution < 1.29 is 9.53 Å². The van der Waals surface area contributed by atoms with E-state index in [0.717, 1.165) is 26.2 Å². The standard InChI is InChI=1S/C12H21N3O2/c1-13-12(16)4-7-15-6-3-11(10-15)9-14-5-8-17-2/h3,6,10,14H,4-5,7-9H2,1-2H3,(H,13,16). The SMILES string of the molecule is CNC(=O)CCn1ccc(CNCCOC)c1. The van der Waals surface area contributed by atoms with Crippen LogP contribution >= 0.6 is 0 Å². The number of methoxy groups -OCH3 is 1. The second-order valence-electron chi connectivity index (χ2n) is 3.85. The first-order valence-electron chi connectivity index (χ1n) is 5.81. The largest absolute Gasteiger partial charge is 0.383 e. The van der Waals surface area contributed by atoms with Crippen LogP contribution in [-0.2, 0) is 22.6 Å². The average molecular weight is 239 g/mol. The van der Waals surface area contributed by atoms with Gasteiger partial charge in [0.1, 0.15) is 0 Å². The summed E-state index contributed by atoms with van der Waals surface area (Å²) < 4.78 is 6.98. The van der Waals surface area contributed by atoms with Crippen LogP contribution in [0.2, 0.25) is 0 Å². The molecule has 0 atom stereocenters. The van der Waals surface area contributed by atoms with Crippen molar-refractivity contribution >= 4 is 5.91 Å². The number of nitrogens with one attached hydrogen (secondary N) is 2. The van der Waals surface area contributed by atoms with Crippen LogP contribution in [0, 0.1) is 0 Å². The fourth-order valence-corrected chi connectivity index (χ4v) is 1.50. The second kappa shape index (κ2) is 7.86. The fourth-order valence-electron chi connectivity index (χ4n) is 1.50. The summed E-state index contributed by atoms with van der Waals surface area (Å²) in [6.45, 7) is 3.12. The molecule has 1 heterocycles. The van der Waals surface area contributed by atoms with E-state index in [9.17, 15) is 4.79 Å². The summed E-state index contributed by atoms with van der Waals surface area (Å²) in [6.07, 6.45) is 4.57. The summed E-state index contributed by atoms with van der Waals surface area (Å²) in [4.78, 5) is 11.1. The molecule has 5 nitrogen and oxygen atoms in total. The van der Waals surface area contributed by atoms with Gasteiger partial charge in [0.25, 0.3) is 0 Å². The fraction of sp³-hybridized carbons (Fsp3) is 0.583. The molecule has 0 spiro atoms. The Morgan fingerprint density at radius 3 is 3.06 bits per heavy atom. The van der Waals surface area contributed by atoms with Crippen LogP contribution in [0.5, 0.6) is 0 Å². The first kappa shape index (κ1) is 13.7. The number of rotatable bonds is 8. The van der Waals surface area contributed by atoms with Gasteiger partial charge in [-0.15, -0.1) is 0 Å².